The lowest BCUT2D eigenvalue weighted by molar-refractivity contribution is -0.505. The van der Waals surface area contributed by atoms with Gasteiger partial charge in [0, 0.05) is 21.2 Å². The summed E-state index contributed by atoms with van der Waals surface area (Å²) in [6.07, 6.45) is 3.81. The molecule has 1 saturated heterocycles. The predicted molar refractivity (Wildman–Crippen MR) is 106 cm³/mol. The fourth-order valence-electron chi connectivity index (χ4n) is 4.63. The molecule has 3 aliphatic heterocycles. The molecule has 1 atom stereocenters. The van der Waals surface area contributed by atoms with Crippen molar-refractivity contribution in [2.24, 2.45) is 0 Å². The summed E-state index contributed by atoms with van der Waals surface area (Å²) in [7, 11) is 0. The zero-order valence-electron chi connectivity index (χ0n) is 14.3. The molecule has 0 amide bonds. The molecule has 2 aromatic carbocycles. The normalized spacial score (nSPS) is 22.4. The van der Waals surface area contributed by atoms with Crippen LogP contribution in [0.1, 0.15) is 36.4 Å². The summed E-state index contributed by atoms with van der Waals surface area (Å²) in [5.41, 5.74) is 5.99. The van der Waals surface area contributed by atoms with Gasteiger partial charge in [0.05, 0.1) is 6.54 Å². The van der Waals surface area contributed by atoms with Crippen LogP contribution in [0.3, 0.4) is 0 Å². The maximum Gasteiger partial charge on any atom is 0.276 e. The summed E-state index contributed by atoms with van der Waals surface area (Å²) >= 11 is 3.57. The van der Waals surface area contributed by atoms with E-state index in [2.05, 4.69) is 80.0 Å². The number of halogens is 1. The molecule has 2 aromatic rings. The quantitative estimate of drug-likeness (QED) is 0.659. The van der Waals surface area contributed by atoms with Crippen LogP contribution < -0.4 is 0 Å². The van der Waals surface area contributed by atoms with Gasteiger partial charge < -0.3 is 0 Å². The highest BCUT2D eigenvalue weighted by molar-refractivity contribution is 9.10. The van der Waals surface area contributed by atoms with Crippen LogP contribution in [0, 0.1) is 0 Å². The molecule has 3 heterocycles. The Kier molecular flexibility index (Phi) is 3.78. The van der Waals surface area contributed by atoms with E-state index >= 15 is 0 Å². The Bertz CT molecular complexity index is 865. The summed E-state index contributed by atoms with van der Waals surface area (Å²) < 4.78 is 3.78. The van der Waals surface area contributed by atoms with E-state index in [0.29, 0.717) is 6.04 Å². The minimum absolute atomic E-state index is 0.494. The topological polar surface area (TPSA) is 6.25 Å². The largest absolute Gasteiger partial charge is 0.276 e. The van der Waals surface area contributed by atoms with Crippen molar-refractivity contribution in [2.75, 3.05) is 19.6 Å². The van der Waals surface area contributed by atoms with Crippen LogP contribution in [-0.2, 0) is 0 Å². The zero-order valence-corrected chi connectivity index (χ0v) is 15.9. The predicted octanol–water partition coefficient (Wildman–Crippen LogP) is 4.87. The molecular formula is C22H22BrN2+. The first-order valence-electron chi connectivity index (χ1n) is 9.23. The first kappa shape index (κ1) is 15.4. The molecule has 0 spiro atoms. The molecule has 2 nitrogen and oxygen atoms in total. The van der Waals surface area contributed by atoms with E-state index in [1.807, 2.05) is 0 Å². The van der Waals surface area contributed by atoms with E-state index in [9.17, 15) is 0 Å². The Labute approximate surface area is 157 Å². The molecule has 0 bridgehead atoms. The van der Waals surface area contributed by atoms with Crippen molar-refractivity contribution in [1.82, 2.24) is 4.90 Å². The Morgan fingerprint density at radius 2 is 1.72 bits per heavy atom. The lowest BCUT2D eigenvalue weighted by Gasteiger charge is -2.20. The highest BCUT2D eigenvalue weighted by Gasteiger charge is 2.47. The third-order valence-electron chi connectivity index (χ3n) is 5.78. The molecule has 1 fully saturated rings. The average Bonchev–Trinajstić information content (AvgIpc) is 3.08. The highest BCUT2D eigenvalue weighted by Crippen LogP contribution is 2.39. The highest BCUT2D eigenvalue weighted by atomic mass is 79.9. The Balaban J connectivity index is 1.54. The maximum absolute atomic E-state index is 3.57. The molecule has 0 aliphatic carbocycles. The second-order valence-electron chi connectivity index (χ2n) is 7.25. The van der Waals surface area contributed by atoms with Crippen molar-refractivity contribution in [3.05, 3.63) is 75.8 Å². The van der Waals surface area contributed by atoms with Crippen LogP contribution in [0.4, 0.5) is 0 Å². The smallest absolute Gasteiger partial charge is 0.253 e. The fraction of sp³-hybridized carbons (Fsp3) is 0.318. The van der Waals surface area contributed by atoms with Crippen LogP contribution in [0.5, 0.6) is 0 Å². The summed E-state index contributed by atoms with van der Waals surface area (Å²) in [5, 5.41) is 0. The SMILES string of the molecule is Brc1ccc(C2C[N+]3=C4C(=C(c5ccccc5)C3)CCCCN42)cc1. The Morgan fingerprint density at radius 3 is 2.52 bits per heavy atom. The van der Waals surface area contributed by atoms with Gasteiger partial charge >= 0.3 is 0 Å². The molecule has 3 aliphatic rings. The standard InChI is InChI=1S/C22H22BrN2/c23-18-11-9-17(10-12-18)21-15-24-14-20(16-6-2-1-3-7-16)19-8-4-5-13-25(21)22(19)24/h1-3,6-7,9-12,21H,4-5,8,13-15H2/q+1. The zero-order chi connectivity index (χ0) is 16.8. The number of amidine groups is 1. The summed E-state index contributed by atoms with van der Waals surface area (Å²) in [6.45, 7) is 3.35. The monoisotopic (exact) mass is 393 g/mol. The van der Waals surface area contributed by atoms with Gasteiger partial charge in [0.25, 0.3) is 5.84 Å². The Morgan fingerprint density at radius 1 is 0.920 bits per heavy atom. The lowest BCUT2D eigenvalue weighted by atomic mass is 9.97. The van der Waals surface area contributed by atoms with Gasteiger partial charge in [0.15, 0.2) is 6.04 Å². The molecule has 3 heteroatoms. The number of rotatable bonds is 2. The second kappa shape index (κ2) is 6.14. The van der Waals surface area contributed by atoms with Gasteiger partial charge in [-0.05, 0) is 37.0 Å². The van der Waals surface area contributed by atoms with Gasteiger partial charge in [-0.2, -0.15) is 0 Å². The van der Waals surface area contributed by atoms with E-state index in [1.165, 1.54) is 42.8 Å². The van der Waals surface area contributed by atoms with Gasteiger partial charge in [-0.15, -0.1) is 0 Å². The lowest BCUT2D eigenvalue weighted by Crippen LogP contribution is -2.31. The van der Waals surface area contributed by atoms with Crippen LogP contribution in [0.25, 0.3) is 5.57 Å². The van der Waals surface area contributed by atoms with Gasteiger partial charge in [-0.1, -0.05) is 58.4 Å². The van der Waals surface area contributed by atoms with Crippen molar-refractivity contribution in [3.63, 3.8) is 0 Å². The van der Waals surface area contributed by atoms with Gasteiger partial charge in [-0.25, -0.2) is 0 Å². The minimum atomic E-state index is 0.494. The van der Waals surface area contributed by atoms with Gasteiger partial charge in [0.1, 0.15) is 13.1 Å². The van der Waals surface area contributed by atoms with Crippen molar-refractivity contribution < 1.29 is 4.58 Å². The molecule has 126 valence electrons. The third kappa shape index (κ3) is 2.56. The van der Waals surface area contributed by atoms with Crippen LogP contribution in [0.2, 0.25) is 0 Å². The molecule has 0 radical (unpaired) electrons. The number of benzene rings is 2. The number of hydrogen-bond donors (Lipinski definition) is 0. The first-order valence-corrected chi connectivity index (χ1v) is 10.0. The summed E-state index contributed by atoms with van der Waals surface area (Å²) in [4.78, 5) is 2.68. The van der Waals surface area contributed by atoms with E-state index in [1.54, 1.807) is 11.1 Å². The number of nitrogens with zero attached hydrogens (tertiary/aromatic N) is 2. The first-order chi connectivity index (χ1) is 12.3. The summed E-state index contributed by atoms with van der Waals surface area (Å²) in [6, 6.07) is 20.4. The molecule has 0 N–H and O–H groups in total. The van der Waals surface area contributed by atoms with Crippen LogP contribution in [0.15, 0.2) is 64.6 Å². The number of hydrogen-bond acceptors (Lipinski definition) is 1. The Hall–Kier alpha value is -1.87. The van der Waals surface area contributed by atoms with E-state index in [4.69, 9.17) is 0 Å². The minimum Gasteiger partial charge on any atom is -0.253 e. The molecular weight excluding hydrogens is 372 g/mol. The molecule has 0 saturated carbocycles. The van der Waals surface area contributed by atoms with E-state index < -0.39 is 0 Å². The maximum atomic E-state index is 3.57. The van der Waals surface area contributed by atoms with Crippen LogP contribution >= 0.6 is 15.9 Å². The van der Waals surface area contributed by atoms with E-state index in [0.717, 1.165) is 17.6 Å². The second-order valence-corrected chi connectivity index (χ2v) is 8.16. The van der Waals surface area contributed by atoms with Crippen LogP contribution in [-0.4, -0.2) is 34.9 Å². The van der Waals surface area contributed by atoms with Crippen molar-refractivity contribution in [1.29, 1.82) is 0 Å². The fourth-order valence-corrected chi connectivity index (χ4v) is 4.90. The third-order valence-corrected chi connectivity index (χ3v) is 6.31. The van der Waals surface area contributed by atoms with Gasteiger partial charge in [-0.3, -0.25) is 9.48 Å². The molecule has 25 heavy (non-hydrogen) atoms. The van der Waals surface area contributed by atoms with Crippen molar-refractivity contribution >= 4 is 27.3 Å². The average molecular weight is 394 g/mol. The van der Waals surface area contributed by atoms with Crippen molar-refractivity contribution in [2.45, 2.75) is 25.3 Å². The molecule has 1 unspecified atom stereocenters. The molecule has 0 aromatic heterocycles. The van der Waals surface area contributed by atoms with E-state index in [-0.39, 0.29) is 0 Å². The summed E-state index contributed by atoms with van der Waals surface area (Å²) in [5.74, 6) is 1.52. The molecule has 5 rings (SSSR count). The van der Waals surface area contributed by atoms with Gasteiger partial charge in [0.2, 0.25) is 0 Å². The van der Waals surface area contributed by atoms with Crippen molar-refractivity contribution in [3.8, 4) is 0 Å².